The molecule has 106 valence electrons. The van der Waals surface area contributed by atoms with E-state index >= 15 is 0 Å². The van der Waals surface area contributed by atoms with Crippen LogP contribution in [-0.4, -0.2) is 5.88 Å². The van der Waals surface area contributed by atoms with Gasteiger partial charge in [-0.25, -0.2) is 4.39 Å². The van der Waals surface area contributed by atoms with Gasteiger partial charge >= 0.3 is 0 Å². The van der Waals surface area contributed by atoms with Crippen LogP contribution in [0.3, 0.4) is 0 Å². The minimum Gasteiger partial charge on any atom is -0.207 e. The molecule has 0 amide bonds. The first-order chi connectivity index (χ1) is 9.56. The third-order valence-corrected chi connectivity index (χ3v) is 4.21. The molecule has 0 spiro atoms. The quantitative estimate of drug-likeness (QED) is 0.572. The van der Waals surface area contributed by atoms with Crippen molar-refractivity contribution in [1.29, 1.82) is 0 Å². The molecule has 0 saturated heterocycles. The molecule has 0 heterocycles. The van der Waals surface area contributed by atoms with Crippen LogP contribution in [0.1, 0.15) is 11.1 Å². The Morgan fingerprint density at radius 2 is 1.80 bits per heavy atom. The highest BCUT2D eigenvalue weighted by Crippen LogP contribution is 2.21. The van der Waals surface area contributed by atoms with E-state index in [4.69, 9.17) is 23.2 Å². The Morgan fingerprint density at radius 3 is 2.45 bits per heavy atom. The molecule has 2 aromatic rings. The molecule has 0 aliphatic heterocycles. The molecule has 0 fully saturated rings. The summed E-state index contributed by atoms with van der Waals surface area (Å²) in [7, 11) is 0. The van der Waals surface area contributed by atoms with Crippen LogP contribution in [-0.2, 0) is 12.8 Å². The lowest BCUT2D eigenvalue weighted by molar-refractivity contribution is 0.576. The Bertz CT molecular complexity index is 566. The standard InChI is InChI=1S/C16H14BrCl2F/c17-14-6-12(8-16(20)9-14)5-13(10-18)4-11-2-1-3-15(19)7-11/h1-3,6-9,13H,4-5,10H2. The molecule has 0 bridgehead atoms. The zero-order chi connectivity index (χ0) is 14.5. The fraction of sp³-hybridized carbons (Fsp3) is 0.250. The predicted molar refractivity (Wildman–Crippen MR) is 87.2 cm³/mol. The van der Waals surface area contributed by atoms with Gasteiger partial charge in [-0.1, -0.05) is 39.7 Å². The molecule has 0 aromatic heterocycles. The SMILES string of the molecule is Fc1cc(Br)cc(CC(CCl)Cc2cccc(Cl)c2)c1. The highest BCUT2D eigenvalue weighted by Gasteiger charge is 2.11. The minimum atomic E-state index is -0.231. The molecule has 1 unspecified atom stereocenters. The lowest BCUT2D eigenvalue weighted by atomic mass is 9.94. The Kier molecular flexibility index (Phi) is 5.88. The summed E-state index contributed by atoms with van der Waals surface area (Å²) in [5.41, 5.74) is 2.10. The molecular formula is C16H14BrCl2F. The monoisotopic (exact) mass is 374 g/mol. The van der Waals surface area contributed by atoms with Crippen LogP contribution in [0.15, 0.2) is 46.9 Å². The van der Waals surface area contributed by atoms with E-state index in [0.29, 0.717) is 5.88 Å². The van der Waals surface area contributed by atoms with Crippen LogP contribution in [0.2, 0.25) is 5.02 Å². The van der Waals surface area contributed by atoms with Gasteiger partial charge in [0.2, 0.25) is 0 Å². The van der Waals surface area contributed by atoms with Crippen LogP contribution in [0.25, 0.3) is 0 Å². The van der Waals surface area contributed by atoms with Gasteiger partial charge < -0.3 is 0 Å². The van der Waals surface area contributed by atoms with E-state index in [1.165, 1.54) is 6.07 Å². The van der Waals surface area contributed by atoms with Crippen molar-refractivity contribution in [3.8, 4) is 0 Å². The summed E-state index contributed by atoms with van der Waals surface area (Å²) in [6, 6.07) is 12.7. The minimum absolute atomic E-state index is 0.231. The summed E-state index contributed by atoms with van der Waals surface area (Å²) in [6.45, 7) is 0. The third kappa shape index (κ3) is 4.76. The third-order valence-electron chi connectivity index (χ3n) is 3.08. The summed E-state index contributed by atoms with van der Waals surface area (Å²) in [4.78, 5) is 0. The fourth-order valence-electron chi connectivity index (χ4n) is 2.24. The van der Waals surface area contributed by atoms with Gasteiger partial charge in [0.1, 0.15) is 5.82 Å². The van der Waals surface area contributed by atoms with Crippen LogP contribution < -0.4 is 0 Å². The second-order valence-corrected chi connectivity index (χ2v) is 6.50. The zero-order valence-corrected chi connectivity index (χ0v) is 13.8. The van der Waals surface area contributed by atoms with Crippen molar-refractivity contribution in [2.45, 2.75) is 12.8 Å². The highest BCUT2D eigenvalue weighted by atomic mass is 79.9. The summed E-state index contributed by atoms with van der Waals surface area (Å²) in [6.07, 6.45) is 1.57. The molecule has 0 radical (unpaired) electrons. The van der Waals surface area contributed by atoms with Gasteiger partial charge in [-0.3, -0.25) is 0 Å². The van der Waals surface area contributed by atoms with Gasteiger partial charge in [0.25, 0.3) is 0 Å². The average Bonchev–Trinajstić information content (AvgIpc) is 2.36. The van der Waals surface area contributed by atoms with E-state index < -0.39 is 0 Å². The van der Waals surface area contributed by atoms with Crippen molar-refractivity contribution in [3.63, 3.8) is 0 Å². The van der Waals surface area contributed by atoms with Gasteiger partial charge in [-0.15, -0.1) is 11.6 Å². The van der Waals surface area contributed by atoms with E-state index in [9.17, 15) is 4.39 Å². The van der Waals surface area contributed by atoms with Crippen molar-refractivity contribution in [1.82, 2.24) is 0 Å². The first kappa shape index (κ1) is 15.8. The Morgan fingerprint density at radius 1 is 1.05 bits per heavy atom. The number of rotatable bonds is 5. The smallest absolute Gasteiger partial charge is 0.124 e. The molecule has 0 nitrogen and oxygen atoms in total. The maximum atomic E-state index is 13.4. The van der Waals surface area contributed by atoms with Crippen molar-refractivity contribution in [3.05, 3.63) is 68.9 Å². The van der Waals surface area contributed by atoms with Gasteiger partial charge in [0.15, 0.2) is 0 Å². The van der Waals surface area contributed by atoms with Crippen molar-refractivity contribution in [2.24, 2.45) is 5.92 Å². The number of halogens is 4. The summed E-state index contributed by atoms with van der Waals surface area (Å²) in [5.74, 6) is 0.551. The molecule has 0 N–H and O–H groups in total. The highest BCUT2D eigenvalue weighted by molar-refractivity contribution is 9.10. The normalized spacial score (nSPS) is 12.4. The second-order valence-electron chi connectivity index (χ2n) is 4.84. The molecule has 4 heteroatoms. The lowest BCUT2D eigenvalue weighted by Gasteiger charge is -2.14. The lowest BCUT2D eigenvalue weighted by Crippen LogP contribution is -2.10. The first-order valence-electron chi connectivity index (χ1n) is 6.32. The maximum absolute atomic E-state index is 13.4. The van der Waals surface area contributed by atoms with Crippen molar-refractivity contribution < 1.29 is 4.39 Å². The molecule has 0 aliphatic carbocycles. The molecule has 0 saturated carbocycles. The van der Waals surface area contributed by atoms with Crippen LogP contribution in [0, 0.1) is 11.7 Å². The number of hydrogen-bond acceptors (Lipinski definition) is 0. The Labute approximate surface area is 137 Å². The van der Waals surface area contributed by atoms with E-state index in [-0.39, 0.29) is 11.7 Å². The summed E-state index contributed by atoms with van der Waals surface area (Å²) >= 11 is 15.3. The van der Waals surface area contributed by atoms with E-state index in [2.05, 4.69) is 15.9 Å². The Balaban J connectivity index is 2.09. The van der Waals surface area contributed by atoms with Gasteiger partial charge in [-0.05, 0) is 60.2 Å². The van der Waals surface area contributed by atoms with E-state index in [0.717, 1.165) is 33.5 Å². The maximum Gasteiger partial charge on any atom is 0.124 e. The molecule has 1 atom stereocenters. The molecule has 2 rings (SSSR count). The van der Waals surface area contributed by atoms with E-state index in [1.807, 2.05) is 30.3 Å². The second kappa shape index (κ2) is 7.44. The topological polar surface area (TPSA) is 0 Å². The van der Waals surface area contributed by atoms with Crippen LogP contribution in [0.4, 0.5) is 4.39 Å². The molecule has 20 heavy (non-hydrogen) atoms. The predicted octanol–water partition coefficient (Wildman–Crippen LogP) is 5.88. The average molecular weight is 376 g/mol. The molecule has 2 aromatic carbocycles. The summed E-state index contributed by atoms with van der Waals surface area (Å²) in [5, 5.41) is 0.726. The number of benzene rings is 2. The summed E-state index contributed by atoms with van der Waals surface area (Å²) < 4.78 is 14.1. The van der Waals surface area contributed by atoms with Crippen molar-refractivity contribution >= 4 is 39.1 Å². The molecular weight excluding hydrogens is 362 g/mol. The Hall–Kier alpha value is -0.570. The van der Waals surface area contributed by atoms with Crippen molar-refractivity contribution in [2.75, 3.05) is 5.88 Å². The number of hydrogen-bond donors (Lipinski definition) is 0. The molecule has 0 aliphatic rings. The van der Waals surface area contributed by atoms with Crippen LogP contribution in [0.5, 0.6) is 0 Å². The van der Waals surface area contributed by atoms with Crippen LogP contribution >= 0.6 is 39.1 Å². The largest absolute Gasteiger partial charge is 0.207 e. The van der Waals surface area contributed by atoms with Gasteiger partial charge in [0.05, 0.1) is 0 Å². The van der Waals surface area contributed by atoms with Gasteiger partial charge in [-0.2, -0.15) is 0 Å². The van der Waals surface area contributed by atoms with E-state index in [1.54, 1.807) is 6.07 Å². The first-order valence-corrected chi connectivity index (χ1v) is 8.02. The fourth-order valence-corrected chi connectivity index (χ4v) is 3.18. The number of alkyl halides is 1. The zero-order valence-electron chi connectivity index (χ0n) is 10.8. The van der Waals surface area contributed by atoms with Gasteiger partial charge in [0, 0.05) is 15.4 Å².